The minimum absolute atomic E-state index is 0.251. The van der Waals surface area contributed by atoms with E-state index in [-0.39, 0.29) is 6.03 Å². The summed E-state index contributed by atoms with van der Waals surface area (Å²) in [5.41, 5.74) is 0.0130. The first-order valence-electron chi connectivity index (χ1n) is 9.93. The van der Waals surface area contributed by atoms with Crippen LogP contribution in [0.15, 0.2) is 30.5 Å². The normalized spacial score (nSPS) is 15.3. The largest absolute Gasteiger partial charge is 0.416 e. The Kier molecular flexibility index (Phi) is 7.54. The number of hydrogen-bond acceptors (Lipinski definition) is 5. The summed E-state index contributed by atoms with van der Waals surface area (Å²) in [5.74, 6) is 0. The number of halogens is 3. The average molecular weight is 442 g/mol. The van der Waals surface area contributed by atoms with Crippen LogP contribution in [0.3, 0.4) is 0 Å². The zero-order valence-corrected chi connectivity index (χ0v) is 17.7. The molecule has 2 N–H and O–H groups in total. The summed E-state index contributed by atoms with van der Waals surface area (Å²) in [6.07, 6.45) is -0.798. The van der Waals surface area contributed by atoms with E-state index in [0.29, 0.717) is 30.5 Å². The summed E-state index contributed by atoms with van der Waals surface area (Å²) >= 11 is 1.43. The number of benzene rings is 1. The number of unbranched alkanes of at least 4 members (excludes halogenated alkanes) is 1. The first-order chi connectivity index (χ1) is 14.3. The van der Waals surface area contributed by atoms with Gasteiger partial charge in [-0.2, -0.15) is 13.2 Å². The highest BCUT2D eigenvalue weighted by molar-refractivity contribution is 7.15. The van der Waals surface area contributed by atoms with E-state index in [0.717, 1.165) is 43.4 Å². The lowest BCUT2D eigenvalue weighted by Crippen LogP contribution is -2.46. The van der Waals surface area contributed by atoms with Crippen LogP contribution in [-0.2, 0) is 6.18 Å². The molecule has 1 aromatic carbocycles. The van der Waals surface area contributed by atoms with Gasteiger partial charge >= 0.3 is 12.2 Å². The van der Waals surface area contributed by atoms with Gasteiger partial charge in [0.15, 0.2) is 5.13 Å². The predicted octanol–water partition coefficient (Wildman–Crippen LogP) is 4.19. The number of nitrogens with zero attached hydrogens (tertiary/aromatic N) is 3. The topological polar surface area (TPSA) is 60.5 Å². The fourth-order valence-corrected chi connectivity index (χ4v) is 3.98. The molecule has 1 aromatic heterocycles. The van der Waals surface area contributed by atoms with Gasteiger partial charge < -0.3 is 10.2 Å². The number of urea groups is 1. The third kappa shape index (κ3) is 6.60. The van der Waals surface area contributed by atoms with E-state index in [1.165, 1.54) is 23.5 Å². The molecular formula is C20H26F3N5OS. The van der Waals surface area contributed by atoms with Crippen LogP contribution in [-0.4, -0.2) is 55.2 Å². The lowest BCUT2D eigenvalue weighted by molar-refractivity contribution is -0.137. The van der Waals surface area contributed by atoms with Gasteiger partial charge in [-0.15, -0.1) is 11.3 Å². The third-order valence-electron chi connectivity index (χ3n) is 4.94. The van der Waals surface area contributed by atoms with Gasteiger partial charge in [0.1, 0.15) is 0 Å². The smallest absolute Gasteiger partial charge is 0.369 e. The number of aromatic nitrogens is 1. The molecule has 164 valence electrons. The molecule has 0 radical (unpaired) electrons. The van der Waals surface area contributed by atoms with Gasteiger partial charge in [0.05, 0.1) is 5.56 Å². The number of rotatable bonds is 7. The number of carbonyl (C=O) groups is 1. The standard InChI is InChI=1S/C20H26F3N5OS/c1-15-14-25-19(30-15)26-18(29)24-7-2-3-8-27-9-11-28(12-10-27)17-6-4-5-16(13-17)20(21,22)23/h4-6,13-14H,2-3,7-12H2,1H3,(H2,24,25,26,29). The highest BCUT2D eigenvalue weighted by Gasteiger charge is 2.31. The molecule has 10 heteroatoms. The minimum atomic E-state index is -4.32. The Morgan fingerprint density at radius 2 is 1.97 bits per heavy atom. The Morgan fingerprint density at radius 3 is 2.63 bits per heavy atom. The molecule has 3 rings (SSSR count). The molecular weight excluding hydrogens is 415 g/mol. The number of alkyl halides is 3. The van der Waals surface area contributed by atoms with Crippen LogP contribution in [0.25, 0.3) is 0 Å². The lowest BCUT2D eigenvalue weighted by atomic mass is 10.1. The molecule has 6 nitrogen and oxygen atoms in total. The minimum Gasteiger partial charge on any atom is -0.369 e. The van der Waals surface area contributed by atoms with Crippen molar-refractivity contribution in [2.24, 2.45) is 0 Å². The maximum absolute atomic E-state index is 12.9. The number of nitrogens with one attached hydrogen (secondary N) is 2. The summed E-state index contributed by atoms with van der Waals surface area (Å²) in [4.78, 5) is 21.2. The van der Waals surface area contributed by atoms with E-state index < -0.39 is 11.7 Å². The average Bonchev–Trinajstić information content (AvgIpc) is 3.12. The molecule has 0 atom stereocenters. The second-order valence-electron chi connectivity index (χ2n) is 7.24. The van der Waals surface area contributed by atoms with Gasteiger partial charge in [0.25, 0.3) is 0 Å². The van der Waals surface area contributed by atoms with Crippen molar-refractivity contribution in [1.82, 2.24) is 15.2 Å². The van der Waals surface area contributed by atoms with Crippen LogP contribution < -0.4 is 15.5 Å². The fourth-order valence-electron chi connectivity index (χ4n) is 3.32. The molecule has 30 heavy (non-hydrogen) atoms. The van der Waals surface area contributed by atoms with Gasteiger partial charge in [-0.3, -0.25) is 10.2 Å². The molecule has 1 aliphatic rings. The van der Waals surface area contributed by atoms with Crippen molar-refractivity contribution in [3.8, 4) is 0 Å². The van der Waals surface area contributed by atoms with Crippen molar-refractivity contribution in [3.63, 3.8) is 0 Å². The number of aryl methyl sites for hydroxylation is 1. The van der Waals surface area contributed by atoms with E-state index in [9.17, 15) is 18.0 Å². The molecule has 1 aliphatic heterocycles. The number of amides is 2. The van der Waals surface area contributed by atoms with Crippen LogP contribution in [0.5, 0.6) is 0 Å². The predicted molar refractivity (Wildman–Crippen MR) is 113 cm³/mol. The van der Waals surface area contributed by atoms with Gasteiger partial charge in [0.2, 0.25) is 0 Å². The van der Waals surface area contributed by atoms with Crippen molar-refractivity contribution in [2.75, 3.05) is 49.5 Å². The summed E-state index contributed by atoms with van der Waals surface area (Å²) in [6.45, 7) is 6.46. The van der Waals surface area contributed by atoms with Crippen LogP contribution in [0.2, 0.25) is 0 Å². The van der Waals surface area contributed by atoms with E-state index in [2.05, 4.69) is 20.5 Å². The number of anilines is 2. The summed E-state index contributed by atoms with van der Waals surface area (Å²) in [7, 11) is 0. The SMILES string of the molecule is Cc1cnc(NC(=O)NCCCCN2CCN(c3cccc(C(F)(F)F)c3)CC2)s1. The van der Waals surface area contributed by atoms with Crippen molar-refractivity contribution in [2.45, 2.75) is 25.9 Å². The van der Waals surface area contributed by atoms with Crippen molar-refractivity contribution >= 4 is 28.2 Å². The van der Waals surface area contributed by atoms with E-state index in [1.807, 2.05) is 11.8 Å². The van der Waals surface area contributed by atoms with Gasteiger partial charge in [0, 0.05) is 49.5 Å². The fraction of sp³-hybridized carbons (Fsp3) is 0.500. The highest BCUT2D eigenvalue weighted by atomic mass is 32.1. The van der Waals surface area contributed by atoms with Gasteiger partial charge in [-0.1, -0.05) is 6.07 Å². The Labute approximate surface area is 178 Å². The molecule has 2 amide bonds. The van der Waals surface area contributed by atoms with Gasteiger partial charge in [-0.25, -0.2) is 9.78 Å². The lowest BCUT2D eigenvalue weighted by Gasteiger charge is -2.36. The number of carbonyl (C=O) groups excluding carboxylic acids is 1. The number of thiazole rings is 1. The second-order valence-corrected chi connectivity index (χ2v) is 8.48. The molecule has 1 saturated heterocycles. The van der Waals surface area contributed by atoms with Crippen LogP contribution >= 0.6 is 11.3 Å². The van der Waals surface area contributed by atoms with Crippen molar-refractivity contribution < 1.29 is 18.0 Å². The summed E-state index contributed by atoms with van der Waals surface area (Å²) in [6, 6.07) is 5.27. The quantitative estimate of drug-likeness (QED) is 0.633. The zero-order valence-electron chi connectivity index (χ0n) is 16.8. The van der Waals surface area contributed by atoms with E-state index >= 15 is 0 Å². The molecule has 0 saturated carbocycles. The van der Waals surface area contributed by atoms with Crippen molar-refractivity contribution in [1.29, 1.82) is 0 Å². The van der Waals surface area contributed by atoms with Crippen LogP contribution in [0, 0.1) is 6.92 Å². The maximum atomic E-state index is 12.9. The molecule has 0 bridgehead atoms. The summed E-state index contributed by atoms with van der Waals surface area (Å²) < 4.78 is 38.7. The summed E-state index contributed by atoms with van der Waals surface area (Å²) in [5, 5.41) is 6.12. The molecule has 2 heterocycles. The Bertz CT molecular complexity index is 834. The van der Waals surface area contributed by atoms with Crippen LogP contribution in [0.4, 0.5) is 28.8 Å². The maximum Gasteiger partial charge on any atom is 0.416 e. The Morgan fingerprint density at radius 1 is 1.20 bits per heavy atom. The Hall–Kier alpha value is -2.33. The van der Waals surface area contributed by atoms with E-state index in [1.54, 1.807) is 12.3 Å². The Balaban J connectivity index is 1.31. The van der Waals surface area contributed by atoms with Crippen LogP contribution in [0.1, 0.15) is 23.3 Å². The molecule has 0 unspecified atom stereocenters. The number of hydrogen-bond donors (Lipinski definition) is 2. The highest BCUT2D eigenvalue weighted by Crippen LogP contribution is 2.31. The van der Waals surface area contributed by atoms with Crippen molar-refractivity contribution in [3.05, 3.63) is 40.9 Å². The monoisotopic (exact) mass is 441 g/mol. The third-order valence-corrected chi connectivity index (χ3v) is 5.77. The molecule has 1 fully saturated rings. The zero-order chi connectivity index (χ0) is 21.6. The van der Waals surface area contributed by atoms with Gasteiger partial charge in [-0.05, 0) is 44.5 Å². The first-order valence-corrected chi connectivity index (χ1v) is 10.7. The molecule has 2 aromatic rings. The first kappa shape index (κ1) is 22.4. The number of piperazine rings is 1. The molecule has 0 aliphatic carbocycles. The van der Waals surface area contributed by atoms with E-state index in [4.69, 9.17) is 0 Å². The molecule has 0 spiro atoms. The second kappa shape index (κ2) is 10.1.